The van der Waals surface area contributed by atoms with E-state index in [0.717, 1.165) is 11.1 Å². The number of oxime groups is 1. The topological polar surface area (TPSA) is 113 Å². The number of amides is 1. The Morgan fingerprint density at radius 1 is 1.32 bits per heavy atom. The van der Waals surface area contributed by atoms with Crippen molar-refractivity contribution in [3.8, 4) is 23.0 Å². The fourth-order valence-corrected chi connectivity index (χ4v) is 3.94. The molecular formula is C20H19BrN4O6. The first kappa shape index (κ1) is 20.9. The number of hydrogen-bond acceptors (Lipinski definition) is 9. The maximum absolute atomic E-state index is 12.3. The van der Waals surface area contributed by atoms with Gasteiger partial charge in [0.15, 0.2) is 11.5 Å². The van der Waals surface area contributed by atoms with E-state index in [1.165, 1.54) is 6.21 Å². The van der Waals surface area contributed by atoms with E-state index < -0.39 is 5.91 Å². The molecule has 31 heavy (non-hydrogen) atoms. The Morgan fingerprint density at radius 2 is 2.10 bits per heavy atom. The molecule has 2 aliphatic heterocycles. The van der Waals surface area contributed by atoms with Gasteiger partial charge < -0.3 is 23.8 Å². The second-order valence-electron chi connectivity index (χ2n) is 6.58. The van der Waals surface area contributed by atoms with Crippen LogP contribution in [-0.2, 0) is 16.1 Å². The van der Waals surface area contributed by atoms with E-state index in [4.69, 9.17) is 23.8 Å². The number of fused-ring (bicyclic) bond motifs is 1. The zero-order valence-corrected chi connectivity index (χ0v) is 18.3. The van der Waals surface area contributed by atoms with Crippen molar-refractivity contribution in [2.75, 3.05) is 21.0 Å². The molecule has 2 aliphatic rings. The fraction of sp³-hybridized carbons (Fsp3) is 0.300. The van der Waals surface area contributed by atoms with Gasteiger partial charge in [0, 0.05) is 36.4 Å². The van der Waals surface area contributed by atoms with Crippen molar-refractivity contribution in [3.63, 3.8) is 0 Å². The zero-order valence-electron chi connectivity index (χ0n) is 16.8. The van der Waals surface area contributed by atoms with Crippen LogP contribution in [0.3, 0.4) is 0 Å². The van der Waals surface area contributed by atoms with Gasteiger partial charge in [-0.3, -0.25) is 9.78 Å². The van der Waals surface area contributed by atoms with Crippen molar-refractivity contribution >= 4 is 33.8 Å². The Morgan fingerprint density at radius 3 is 2.81 bits per heavy atom. The van der Waals surface area contributed by atoms with E-state index in [2.05, 4.69) is 36.6 Å². The standard InChI is InChI=1S/C20H19BrN4O6/c1-27-16-13(15(21)17(28-2)19-18(16)29-10-30-19)6-12-7-14(25-31-12)20(26)24-23-9-11-4-3-5-22-8-11/h3-5,8-9,12H,6-7,10H2,1-2H3,(H,24,26). The molecule has 0 spiro atoms. The quantitative estimate of drug-likeness (QED) is 0.468. The lowest BCUT2D eigenvalue weighted by Crippen LogP contribution is -2.27. The summed E-state index contributed by atoms with van der Waals surface area (Å²) in [6, 6.07) is 3.60. The van der Waals surface area contributed by atoms with Gasteiger partial charge in [0.1, 0.15) is 11.8 Å². The summed E-state index contributed by atoms with van der Waals surface area (Å²) in [4.78, 5) is 21.8. The first-order chi connectivity index (χ1) is 15.1. The van der Waals surface area contributed by atoms with Crippen molar-refractivity contribution in [2.45, 2.75) is 18.9 Å². The number of benzene rings is 1. The number of nitrogens with one attached hydrogen (secondary N) is 1. The highest BCUT2D eigenvalue weighted by Gasteiger charge is 2.34. The van der Waals surface area contributed by atoms with E-state index in [9.17, 15) is 4.79 Å². The molecule has 3 heterocycles. The van der Waals surface area contributed by atoms with Crippen LogP contribution in [0.25, 0.3) is 0 Å². The average molecular weight is 491 g/mol. The zero-order chi connectivity index (χ0) is 21.8. The molecule has 0 saturated carbocycles. The number of rotatable bonds is 7. The van der Waals surface area contributed by atoms with Gasteiger partial charge in [-0.2, -0.15) is 5.10 Å². The molecule has 2 aromatic rings. The van der Waals surface area contributed by atoms with Gasteiger partial charge in [0.2, 0.25) is 18.3 Å². The molecule has 1 atom stereocenters. The number of ether oxygens (including phenoxy) is 4. The van der Waals surface area contributed by atoms with Crippen LogP contribution in [0.2, 0.25) is 0 Å². The van der Waals surface area contributed by atoms with Crippen LogP contribution in [0.5, 0.6) is 23.0 Å². The molecule has 1 aromatic heterocycles. The third-order valence-corrected chi connectivity index (χ3v) is 5.50. The molecule has 162 valence electrons. The minimum absolute atomic E-state index is 0.0743. The first-order valence-corrected chi connectivity index (χ1v) is 10.1. The van der Waals surface area contributed by atoms with E-state index in [0.29, 0.717) is 40.3 Å². The van der Waals surface area contributed by atoms with Gasteiger partial charge in [0.05, 0.1) is 24.9 Å². The van der Waals surface area contributed by atoms with Crippen LogP contribution in [0.4, 0.5) is 0 Å². The number of nitrogens with zero attached hydrogens (tertiary/aromatic N) is 3. The predicted molar refractivity (Wildman–Crippen MR) is 114 cm³/mol. The Bertz CT molecular complexity index is 1040. The van der Waals surface area contributed by atoms with Crippen LogP contribution >= 0.6 is 15.9 Å². The van der Waals surface area contributed by atoms with E-state index in [1.807, 2.05) is 6.07 Å². The SMILES string of the molecule is COc1c(Br)c(CC2CC(C(=O)NN=Cc3cccnc3)=NO2)c(OC)c2c1OCO2. The highest BCUT2D eigenvalue weighted by molar-refractivity contribution is 9.10. The second kappa shape index (κ2) is 9.21. The molecule has 0 fully saturated rings. The molecule has 0 aliphatic carbocycles. The number of methoxy groups -OCH3 is 2. The molecule has 1 aromatic carbocycles. The van der Waals surface area contributed by atoms with Crippen molar-refractivity contribution in [3.05, 3.63) is 40.1 Å². The molecule has 1 unspecified atom stereocenters. The smallest absolute Gasteiger partial charge is 0.289 e. The minimum atomic E-state index is -0.433. The number of halogens is 1. The van der Waals surface area contributed by atoms with Crippen molar-refractivity contribution in [1.82, 2.24) is 10.4 Å². The summed E-state index contributed by atoms with van der Waals surface area (Å²) in [6.07, 6.45) is 5.12. The molecule has 0 radical (unpaired) electrons. The lowest BCUT2D eigenvalue weighted by atomic mass is 10.0. The third-order valence-electron chi connectivity index (χ3n) is 4.66. The van der Waals surface area contributed by atoms with E-state index in [1.54, 1.807) is 32.7 Å². The molecule has 0 bridgehead atoms. The summed E-state index contributed by atoms with van der Waals surface area (Å²) in [5.41, 5.74) is 4.22. The van der Waals surface area contributed by atoms with Gasteiger partial charge in [-0.1, -0.05) is 11.2 Å². The van der Waals surface area contributed by atoms with Crippen LogP contribution in [-0.4, -0.2) is 49.9 Å². The molecule has 0 saturated heterocycles. The monoisotopic (exact) mass is 490 g/mol. The van der Waals surface area contributed by atoms with Crippen molar-refractivity contribution < 1.29 is 28.6 Å². The Hall–Kier alpha value is -3.34. The van der Waals surface area contributed by atoms with Crippen LogP contribution < -0.4 is 24.4 Å². The fourth-order valence-electron chi connectivity index (χ4n) is 3.25. The Kier molecular flexibility index (Phi) is 6.21. The Balaban J connectivity index is 1.43. The molecule has 10 nitrogen and oxygen atoms in total. The molecular weight excluding hydrogens is 472 g/mol. The van der Waals surface area contributed by atoms with Gasteiger partial charge in [-0.05, 0) is 22.0 Å². The lowest BCUT2D eigenvalue weighted by Gasteiger charge is -2.18. The second-order valence-corrected chi connectivity index (χ2v) is 7.38. The minimum Gasteiger partial charge on any atom is -0.492 e. The summed E-state index contributed by atoms with van der Waals surface area (Å²) in [5, 5.41) is 7.84. The maximum Gasteiger partial charge on any atom is 0.289 e. The molecule has 11 heteroatoms. The average Bonchev–Trinajstić information content (AvgIpc) is 3.45. The highest BCUT2D eigenvalue weighted by atomic mass is 79.9. The van der Waals surface area contributed by atoms with Crippen LogP contribution in [0.15, 0.2) is 39.3 Å². The highest BCUT2D eigenvalue weighted by Crippen LogP contribution is 2.54. The molecule has 1 amide bonds. The summed E-state index contributed by atoms with van der Waals surface area (Å²) in [6.45, 7) is 0.0743. The van der Waals surface area contributed by atoms with Gasteiger partial charge in [-0.15, -0.1) is 0 Å². The molecule has 4 rings (SSSR count). The number of carbonyl (C=O) groups is 1. The van der Waals surface area contributed by atoms with E-state index >= 15 is 0 Å². The first-order valence-electron chi connectivity index (χ1n) is 9.30. The lowest BCUT2D eigenvalue weighted by molar-refractivity contribution is -0.114. The number of aromatic nitrogens is 1. The molecule has 1 N–H and O–H groups in total. The Labute approximate surface area is 186 Å². The summed E-state index contributed by atoms with van der Waals surface area (Å²) < 4.78 is 22.8. The largest absolute Gasteiger partial charge is 0.492 e. The maximum atomic E-state index is 12.3. The number of carbonyl (C=O) groups excluding carboxylic acids is 1. The summed E-state index contributed by atoms with van der Waals surface area (Å²) in [5.74, 6) is 1.54. The van der Waals surface area contributed by atoms with Gasteiger partial charge >= 0.3 is 0 Å². The van der Waals surface area contributed by atoms with Crippen molar-refractivity contribution in [1.29, 1.82) is 0 Å². The van der Waals surface area contributed by atoms with E-state index in [-0.39, 0.29) is 18.6 Å². The van der Waals surface area contributed by atoms with Crippen LogP contribution in [0, 0.1) is 0 Å². The third kappa shape index (κ3) is 4.26. The van der Waals surface area contributed by atoms with Crippen molar-refractivity contribution in [2.24, 2.45) is 10.3 Å². The number of hydrazone groups is 1. The van der Waals surface area contributed by atoms with Gasteiger partial charge in [0.25, 0.3) is 5.91 Å². The number of hydrogen-bond donors (Lipinski definition) is 1. The number of pyridine rings is 1. The normalized spacial score (nSPS) is 16.7. The summed E-state index contributed by atoms with van der Waals surface area (Å²) >= 11 is 3.56. The van der Waals surface area contributed by atoms with Gasteiger partial charge in [-0.25, -0.2) is 5.43 Å². The predicted octanol–water partition coefficient (Wildman–Crippen LogP) is 2.43. The summed E-state index contributed by atoms with van der Waals surface area (Å²) in [7, 11) is 3.09. The van der Waals surface area contributed by atoms with Crippen LogP contribution in [0.1, 0.15) is 17.5 Å².